The van der Waals surface area contributed by atoms with Crippen LogP contribution in [0.15, 0.2) is 29.2 Å². The van der Waals surface area contributed by atoms with Gasteiger partial charge in [-0.1, -0.05) is 0 Å². The third-order valence-electron chi connectivity index (χ3n) is 6.98. The molecule has 4 saturated carbocycles. The van der Waals surface area contributed by atoms with Crippen LogP contribution in [0, 0.1) is 21.3 Å². The molecule has 142 valence electrons. The van der Waals surface area contributed by atoms with Gasteiger partial charge in [-0.3, -0.25) is 4.79 Å². The van der Waals surface area contributed by atoms with Gasteiger partial charge in [0.25, 0.3) is 0 Å². The van der Waals surface area contributed by atoms with E-state index in [1.54, 1.807) is 6.92 Å². The first-order valence-electron chi connectivity index (χ1n) is 10.0. The molecule has 4 aliphatic carbocycles. The molecule has 1 aromatic heterocycles. The molecule has 4 aliphatic rings. The molecule has 1 heterocycles. The third kappa shape index (κ3) is 2.76. The van der Waals surface area contributed by atoms with Gasteiger partial charge in [-0.05, 0) is 104 Å². The summed E-state index contributed by atoms with van der Waals surface area (Å²) >= 11 is 2.30. The van der Waals surface area contributed by atoms with Crippen molar-refractivity contribution in [2.75, 3.05) is 6.61 Å². The molecule has 0 spiro atoms. The molecular weight excluding hydrogens is 453 g/mol. The predicted molar refractivity (Wildman–Crippen MR) is 113 cm³/mol. The Morgan fingerprint density at radius 3 is 2.41 bits per heavy atom. The fraction of sp³-hybridized carbons (Fsp3) is 0.545. The summed E-state index contributed by atoms with van der Waals surface area (Å²) in [6.45, 7) is 2.05. The van der Waals surface area contributed by atoms with Gasteiger partial charge >= 0.3 is 5.97 Å². The minimum atomic E-state index is -0.499. The fourth-order valence-electron chi connectivity index (χ4n) is 6.41. The molecule has 4 nitrogen and oxygen atoms in total. The summed E-state index contributed by atoms with van der Waals surface area (Å²) in [5.74, 6) is 1.88. The van der Waals surface area contributed by atoms with E-state index in [1.165, 1.54) is 38.5 Å². The molecule has 4 fully saturated rings. The Balaban J connectivity index is 1.76. The first-order valence-corrected chi connectivity index (χ1v) is 11.1. The van der Waals surface area contributed by atoms with Crippen molar-refractivity contribution in [3.05, 3.63) is 43.8 Å². The second-order valence-electron chi connectivity index (χ2n) is 8.77. The number of benzene rings is 1. The van der Waals surface area contributed by atoms with Gasteiger partial charge in [-0.25, -0.2) is 4.79 Å². The lowest BCUT2D eigenvalue weighted by Crippen LogP contribution is -2.52. The summed E-state index contributed by atoms with van der Waals surface area (Å²) < 4.78 is 8.62. The van der Waals surface area contributed by atoms with Crippen LogP contribution in [0.4, 0.5) is 0 Å². The van der Waals surface area contributed by atoms with Gasteiger partial charge in [0, 0.05) is 20.7 Å². The van der Waals surface area contributed by atoms with E-state index in [0.717, 1.165) is 26.8 Å². The van der Waals surface area contributed by atoms with E-state index in [-0.39, 0.29) is 23.1 Å². The Bertz CT molecular complexity index is 958. The van der Waals surface area contributed by atoms with Crippen molar-refractivity contribution in [1.82, 2.24) is 4.57 Å². The molecule has 0 unspecified atom stereocenters. The van der Waals surface area contributed by atoms with Gasteiger partial charge < -0.3 is 9.30 Å². The van der Waals surface area contributed by atoms with Crippen LogP contribution >= 0.6 is 22.6 Å². The van der Waals surface area contributed by atoms with Crippen molar-refractivity contribution < 1.29 is 9.53 Å². The smallest absolute Gasteiger partial charge is 0.343 e. The molecule has 0 amide bonds. The summed E-state index contributed by atoms with van der Waals surface area (Å²) in [6.07, 6.45) is 9.42. The number of ether oxygens (including phenoxy) is 1. The van der Waals surface area contributed by atoms with E-state index >= 15 is 0 Å². The molecule has 5 heteroatoms. The van der Waals surface area contributed by atoms with E-state index in [4.69, 9.17) is 4.74 Å². The van der Waals surface area contributed by atoms with Gasteiger partial charge in [-0.15, -0.1) is 0 Å². The second kappa shape index (κ2) is 6.33. The van der Waals surface area contributed by atoms with Crippen LogP contribution in [-0.4, -0.2) is 17.1 Å². The molecule has 1 aromatic carbocycles. The molecule has 0 aliphatic heterocycles. The van der Waals surface area contributed by atoms with Gasteiger partial charge in [0.15, 0.2) is 0 Å². The summed E-state index contributed by atoms with van der Waals surface area (Å²) in [5.41, 5.74) is 0.996. The summed E-state index contributed by atoms with van der Waals surface area (Å²) in [5, 5.41) is 0.636. The Labute approximate surface area is 172 Å². The van der Waals surface area contributed by atoms with Crippen molar-refractivity contribution >= 4 is 39.5 Å². The number of hydrogen-bond acceptors (Lipinski definition) is 3. The average molecular weight is 477 g/mol. The number of pyridine rings is 1. The SMILES string of the molecule is CCOC(=O)c1cn(C23CC4CC(CC(C4)C2)C3)c2cc(I)ccc2c1=O. The molecule has 0 radical (unpaired) electrons. The highest BCUT2D eigenvalue weighted by molar-refractivity contribution is 14.1. The summed E-state index contributed by atoms with van der Waals surface area (Å²) in [7, 11) is 0. The first kappa shape index (κ1) is 17.7. The number of nitrogens with zero attached hydrogens (tertiary/aromatic N) is 1. The van der Waals surface area contributed by atoms with Crippen molar-refractivity contribution in [3.63, 3.8) is 0 Å². The quantitative estimate of drug-likeness (QED) is 0.476. The van der Waals surface area contributed by atoms with E-state index in [0.29, 0.717) is 5.39 Å². The van der Waals surface area contributed by atoms with Gasteiger partial charge in [0.1, 0.15) is 5.56 Å². The number of carbonyl (C=O) groups excluding carboxylic acids is 1. The van der Waals surface area contributed by atoms with Crippen molar-refractivity contribution in [2.24, 2.45) is 17.8 Å². The zero-order valence-electron chi connectivity index (χ0n) is 15.5. The van der Waals surface area contributed by atoms with Crippen LogP contribution in [0.1, 0.15) is 55.8 Å². The lowest BCUT2D eigenvalue weighted by Gasteiger charge is -2.57. The number of fused-ring (bicyclic) bond motifs is 1. The lowest BCUT2D eigenvalue weighted by atomic mass is 9.53. The second-order valence-corrected chi connectivity index (χ2v) is 10.0. The number of carbonyl (C=O) groups is 1. The van der Waals surface area contributed by atoms with Crippen LogP contribution in [0.2, 0.25) is 0 Å². The lowest BCUT2D eigenvalue weighted by molar-refractivity contribution is -0.0411. The highest BCUT2D eigenvalue weighted by Gasteiger charge is 2.52. The predicted octanol–water partition coefficient (Wildman–Crippen LogP) is 4.71. The highest BCUT2D eigenvalue weighted by atomic mass is 127. The van der Waals surface area contributed by atoms with E-state index in [1.807, 2.05) is 18.3 Å². The zero-order valence-corrected chi connectivity index (χ0v) is 17.7. The number of halogens is 1. The Morgan fingerprint density at radius 1 is 1.19 bits per heavy atom. The largest absolute Gasteiger partial charge is 0.462 e. The van der Waals surface area contributed by atoms with Gasteiger partial charge in [-0.2, -0.15) is 0 Å². The van der Waals surface area contributed by atoms with Crippen LogP contribution in [0.5, 0.6) is 0 Å². The molecule has 0 atom stereocenters. The maximum Gasteiger partial charge on any atom is 0.343 e. The number of rotatable bonds is 3. The van der Waals surface area contributed by atoms with Gasteiger partial charge in [0.2, 0.25) is 5.43 Å². The monoisotopic (exact) mass is 477 g/mol. The van der Waals surface area contributed by atoms with Crippen molar-refractivity contribution in [2.45, 2.75) is 51.0 Å². The molecule has 6 rings (SSSR count). The standard InChI is InChI=1S/C22H24INO3/c1-2-27-21(26)18-12-24(19-8-16(23)3-4-17(19)20(18)25)22-9-13-5-14(10-22)7-15(6-13)11-22/h3-4,8,12-15H,2,5-7,9-11H2,1H3. The average Bonchev–Trinajstić information content (AvgIpc) is 2.60. The molecule has 0 N–H and O–H groups in total. The van der Waals surface area contributed by atoms with Crippen molar-refractivity contribution in [1.29, 1.82) is 0 Å². The normalized spacial score (nSPS) is 31.4. The topological polar surface area (TPSA) is 48.3 Å². The third-order valence-corrected chi connectivity index (χ3v) is 7.65. The number of hydrogen-bond donors (Lipinski definition) is 0. The zero-order chi connectivity index (χ0) is 18.8. The molecule has 2 aromatic rings. The maximum absolute atomic E-state index is 13.0. The van der Waals surface area contributed by atoms with Gasteiger partial charge in [0.05, 0.1) is 12.1 Å². The summed E-state index contributed by atoms with van der Waals surface area (Å²) in [4.78, 5) is 25.5. The molecule has 4 bridgehead atoms. The van der Waals surface area contributed by atoms with Crippen LogP contribution in [0.3, 0.4) is 0 Å². The van der Waals surface area contributed by atoms with E-state index in [9.17, 15) is 9.59 Å². The molecule has 27 heavy (non-hydrogen) atoms. The molecule has 0 saturated heterocycles. The van der Waals surface area contributed by atoms with E-state index < -0.39 is 5.97 Å². The highest BCUT2D eigenvalue weighted by Crippen LogP contribution is 2.59. The van der Waals surface area contributed by atoms with E-state index in [2.05, 4.69) is 33.2 Å². The van der Waals surface area contributed by atoms with Crippen LogP contribution in [0.25, 0.3) is 10.9 Å². The maximum atomic E-state index is 13.0. The Kier molecular flexibility index (Phi) is 4.15. The van der Waals surface area contributed by atoms with Crippen molar-refractivity contribution in [3.8, 4) is 0 Å². The summed E-state index contributed by atoms with van der Waals surface area (Å²) in [6, 6.07) is 5.92. The van der Waals surface area contributed by atoms with Crippen LogP contribution in [-0.2, 0) is 10.3 Å². The number of esters is 1. The minimum Gasteiger partial charge on any atom is -0.462 e. The Morgan fingerprint density at radius 2 is 1.81 bits per heavy atom. The number of aromatic nitrogens is 1. The molecular formula is C22H24INO3. The van der Waals surface area contributed by atoms with Crippen LogP contribution < -0.4 is 5.43 Å². The Hall–Kier alpha value is -1.37. The first-order chi connectivity index (χ1) is 13.0. The fourth-order valence-corrected chi connectivity index (χ4v) is 6.88. The minimum absolute atomic E-state index is 0.0480.